The number of aliphatic hydroxyl groups is 1. The quantitative estimate of drug-likeness (QED) is 0.752. The topological polar surface area (TPSA) is 75.9 Å². The van der Waals surface area contributed by atoms with Crippen molar-refractivity contribution in [2.24, 2.45) is 0 Å². The van der Waals surface area contributed by atoms with E-state index in [0.29, 0.717) is 25.3 Å². The molecule has 0 aliphatic carbocycles. The van der Waals surface area contributed by atoms with E-state index >= 15 is 0 Å². The van der Waals surface area contributed by atoms with Gasteiger partial charge in [-0.05, 0) is 24.6 Å². The SMILES string of the molecule is CCOc1ccc(C2CC(=O)NCc3nc4sccn4c32)cc1CO. The van der Waals surface area contributed by atoms with E-state index < -0.39 is 0 Å². The van der Waals surface area contributed by atoms with Crippen molar-refractivity contribution in [2.45, 2.75) is 32.4 Å². The van der Waals surface area contributed by atoms with Crippen molar-refractivity contribution in [1.82, 2.24) is 14.7 Å². The third kappa shape index (κ3) is 2.79. The summed E-state index contributed by atoms with van der Waals surface area (Å²) in [5, 5.41) is 14.6. The van der Waals surface area contributed by atoms with Gasteiger partial charge in [-0.25, -0.2) is 4.98 Å². The van der Waals surface area contributed by atoms with Gasteiger partial charge in [-0.15, -0.1) is 11.3 Å². The second kappa shape index (κ2) is 6.50. The maximum atomic E-state index is 12.2. The molecule has 0 saturated heterocycles. The number of hydrogen-bond donors (Lipinski definition) is 2. The van der Waals surface area contributed by atoms with E-state index in [4.69, 9.17) is 4.74 Å². The minimum absolute atomic E-state index is 0.00594. The normalized spacial score (nSPS) is 17.2. The van der Waals surface area contributed by atoms with Crippen LogP contribution in [0, 0.1) is 0 Å². The Morgan fingerprint density at radius 1 is 1.48 bits per heavy atom. The predicted molar refractivity (Wildman–Crippen MR) is 94.9 cm³/mol. The molecule has 2 aromatic heterocycles. The van der Waals surface area contributed by atoms with Gasteiger partial charge in [0, 0.05) is 29.5 Å². The molecule has 1 aromatic carbocycles. The Bertz CT molecular complexity index is 931. The summed E-state index contributed by atoms with van der Waals surface area (Å²) in [7, 11) is 0. The van der Waals surface area contributed by atoms with Crippen LogP contribution >= 0.6 is 11.3 Å². The lowest BCUT2D eigenvalue weighted by molar-refractivity contribution is -0.121. The van der Waals surface area contributed by atoms with Crippen molar-refractivity contribution in [3.05, 3.63) is 52.3 Å². The molecule has 4 rings (SSSR count). The van der Waals surface area contributed by atoms with Crippen LogP contribution in [0.25, 0.3) is 4.96 Å². The van der Waals surface area contributed by atoms with Crippen molar-refractivity contribution in [1.29, 1.82) is 0 Å². The van der Waals surface area contributed by atoms with Crippen LogP contribution in [0.3, 0.4) is 0 Å². The average Bonchev–Trinajstić information content (AvgIpc) is 3.15. The molecular weight excluding hydrogens is 338 g/mol. The van der Waals surface area contributed by atoms with E-state index in [1.165, 1.54) is 0 Å². The predicted octanol–water partition coefficient (Wildman–Crippen LogP) is 2.44. The number of thiazole rings is 1. The molecule has 25 heavy (non-hydrogen) atoms. The molecule has 130 valence electrons. The first-order valence-electron chi connectivity index (χ1n) is 8.28. The molecule has 0 saturated carbocycles. The van der Waals surface area contributed by atoms with E-state index in [2.05, 4.69) is 14.7 Å². The van der Waals surface area contributed by atoms with Gasteiger partial charge in [-0.1, -0.05) is 6.07 Å². The molecule has 1 atom stereocenters. The lowest BCUT2D eigenvalue weighted by Crippen LogP contribution is -2.21. The first-order valence-corrected chi connectivity index (χ1v) is 9.16. The first-order chi connectivity index (χ1) is 12.2. The number of aromatic nitrogens is 2. The zero-order valence-electron chi connectivity index (χ0n) is 13.9. The van der Waals surface area contributed by atoms with Gasteiger partial charge in [-0.2, -0.15) is 0 Å². The number of aliphatic hydroxyl groups excluding tert-OH is 1. The molecule has 0 radical (unpaired) electrons. The molecule has 2 N–H and O–H groups in total. The zero-order chi connectivity index (χ0) is 17.4. The lowest BCUT2D eigenvalue weighted by atomic mass is 9.90. The van der Waals surface area contributed by atoms with E-state index in [0.717, 1.165) is 27.5 Å². The number of imidazole rings is 1. The van der Waals surface area contributed by atoms with Crippen molar-refractivity contribution < 1.29 is 14.6 Å². The summed E-state index contributed by atoms with van der Waals surface area (Å²) in [5.74, 6) is 0.579. The number of ether oxygens (including phenoxy) is 1. The molecule has 0 spiro atoms. The van der Waals surface area contributed by atoms with Crippen LogP contribution in [-0.2, 0) is 17.9 Å². The Labute approximate surface area is 149 Å². The summed E-state index contributed by atoms with van der Waals surface area (Å²) in [6, 6.07) is 5.78. The Morgan fingerprint density at radius 2 is 2.36 bits per heavy atom. The number of benzene rings is 1. The van der Waals surface area contributed by atoms with Gasteiger partial charge in [0.05, 0.1) is 31.1 Å². The van der Waals surface area contributed by atoms with E-state index in [1.54, 1.807) is 11.3 Å². The summed E-state index contributed by atoms with van der Waals surface area (Å²) in [5.41, 5.74) is 3.67. The summed E-state index contributed by atoms with van der Waals surface area (Å²) >= 11 is 1.58. The van der Waals surface area contributed by atoms with Crippen LogP contribution in [-0.4, -0.2) is 27.0 Å². The van der Waals surface area contributed by atoms with Gasteiger partial charge in [0.15, 0.2) is 4.96 Å². The smallest absolute Gasteiger partial charge is 0.221 e. The number of rotatable bonds is 4. The van der Waals surface area contributed by atoms with Crippen LogP contribution in [0.4, 0.5) is 0 Å². The highest BCUT2D eigenvalue weighted by atomic mass is 32.1. The second-order valence-corrected chi connectivity index (χ2v) is 6.86. The summed E-state index contributed by atoms with van der Waals surface area (Å²) < 4.78 is 7.64. The van der Waals surface area contributed by atoms with Gasteiger partial charge >= 0.3 is 0 Å². The Morgan fingerprint density at radius 3 is 3.16 bits per heavy atom. The molecule has 1 aliphatic heterocycles. The highest BCUT2D eigenvalue weighted by molar-refractivity contribution is 7.15. The summed E-state index contributed by atoms with van der Waals surface area (Å²) in [6.07, 6.45) is 2.35. The fourth-order valence-corrected chi connectivity index (χ4v) is 4.14. The molecule has 1 aliphatic rings. The standard InChI is InChI=1S/C18H19N3O3S/c1-2-24-15-4-3-11(7-12(15)10-22)13-8-16(23)19-9-14-17(13)21-5-6-25-18(21)20-14/h3-7,13,22H,2,8-10H2,1H3,(H,19,23). The Kier molecular flexibility index (Phi) is 4.19. The second-order valence-electron chi connectivity index (χ2n) is 5.99. The van der Waals surface area contributed by atoms with Crippen LogP contribution in [0.5, 0.6) is 5.75 Å². The van der Waals surface area contributed by atoms with Crippen LogP contribution in [0.2, 0.25) is 0 Å². The number of carbonyl (C=O) groups excluding carboxylic acids is 1. The van der Waals surface area contributed by atoms with Gasteiger partial charge in [0.25, 0.3) is 0 Å². The van der Waals surface area contributed by atoms with Crippen molar-refractivity contribution >= 4 is 22.2 Å². The molecule has 7 heteroatoms. The van der Waals surface area contributed by atoms with Crippen molar-refractivity contribution in [3.8, 4) is 5.75 Å². The molecular formula is C18H19N3O3S. The molecule has 0 fully saturated rings. The maximum Gasteiger partial charge on any atom is 0.221 e. The molecule has 6 nitrogen and oxygen atoms in total. The van der Waals surface area contributed by atoms with Crippen LogP contribution in [0.1, 0.15) is 41.8 Å². The molecule has 1 amide bonds. The highest BCUT2D eigenvalue weighted by Crippen LogP contribution is 2.36. The number of nitrogens with zero attached hydrogens (tertiary/aromatic N) is 2. The number of carbonyl (C=O) groups is 1. The number of nitrogens with one attached hydrogen (secondary N) is 1. The lowest BCUT2D eigenvalue weighted by Gasteiger charge is -2.17. The number of fused-ring (bicyclic) bond motifs is 3. The minimum atomic E-state index is -0.108. The first kappa shape index (κ1) is 16.1. The van der Waals surface area contributed by atoms with Crippen LogP contribution < -0.4 is 10.1 Å². The van der Waals surface area contributed by atoms with Gasteiger partial charge < -0.3 is 15.2 Å². The Hall–Kier alpha value is -2.38. The third-order valence-corrected chi connectivity index (χ3v) is 5.26. The Balaban J connectivity index is 1.84. The van der Waals surface area contributed by atoms with E-state index in [9.17, 15) is 9.90 Å². The summed E-state index contributed by atoms with van der Waals surface area (Å²) in [4.78, 5) is 17.8. The monoisotopic (exact) mass is 357 g/mol. The third-order valence-electron chi connectivity index (χ3n) is 4.50. The minimum Gasteiger partial charge on any atom is -0.494 e. The fraction of sp³-hybridized carbons (Fsp3) is 0.333. The zero-order valence-corrected chi connectivity index (χ0v) is 14.7. The fourth-order valence-electron chi connectivity index (χ4n) is 3.40. The van der Waals surface area contributed by atoms with Gasteiger partial charge in [-0.3, -0.25) is 9.20 Å². The van der Waals surface area contributed by atoms with Gasteiger partial charge in [0.1, 0.15) is 5.75 Å². The van der Waals surface area contributed by atoms with Gasteiger partial charge in [0.2, 0.25) is 5.91 Å². The van der Waals surface area contributed by atoms with E-state index in [-0.39, 0.29) is 18.4 Å². The molecule has 0 bridgehead atoms. The molecule has 3 aromatic rings. The van der Waals surface area contributed by atoms with Crippen molar-refractivity contribution in [3.63, 3.8) is 0 Å². The maximum absolute atomic E-state index is 12.2. The number of hydrogen-bond acceptors (Lipinski definition) is 5. The van der Waals surface area contributed by atoms with Crippen LogP contribution in [0.15, 0.2) is 29.8 Å². The summed E-state index contributed by atoms with van der Waals surface area (Å²) in [6.45, 7) is 2.80. The van der Waals surface area contributed by atoms with E-state index in [1.807, 2.05) is 36.7 Å². The molecule has 3 heterocycles. The highest BCUT2D eigenvalue weighted by Gasteiger charge is 2.29. The average molecular weight is 357 g/mol. The largest absolute Gasteiger partial charge is 0.494 e. The van der Waals surface area contributed by atoms with Crippen molar-refractivity contribution in [2.75, 3.05) is 6.61 Å². The molecule has 1 unspecified atom stereocenters. The number of amides is 1.